The minimum atomic E-state index is 0.746. The molecule has 0 saturated carbocycles. The third-order valence-electron chi connectivity index (χ3n) is 10.6. The van der Waals surface area contributed by atoms with Crippen molar-refractivity contribution >= 4 is 0 Å². The molecule has 66 heavy (non-hydrogen) atoms. The zero-order valence-electron chi connectivity index (χ0n) is 36.1. The zero-order chi connectivity index (χ0) is 44.6. The summed E-state index contributed by atoms with van der Waals surface area (Å²) in [7, 11) is 0. The van der Waals surface area contributed by atoms with Gasteiger partial charge >= 0.3 is 0 Å². The van der Waals surface area contributed by atoms with Gasteiger partial charge in [-0.3, -0.25) is 0 Å². The van der Waals surface area contributed by atoms with Crippen LogP contribution >= 0.6 is 0 Å². The maximum Gasteiger partial charge on any atom is 0.160 e. The SMILES string of the molecule is c1ccc(-c2cc(-c3ccccc3)nc(-c3ccccc3)n2)cc1.c1ccc(-c2cc(-c3ccccc3)nc(-c3ccccc3)n2)cc1.c1ccc(-c2ccnc(-c3ccccc3)n2)cc1. The van der Waals surface area contributed by atoms with Gasteiger partial charge in [0.15, 0.2) is 17.5 Å². The molecule has 8 aromatic carbocycles. The van der Waals surface area contributed by atoms with Crippen LogP contribution in [-0.2, 0) is 0 Å². The standard InChI is InChI=1S/2C22H16N2.C16H12N2/c2*1-4-10-17(11-5-1)20-16-21(18-12-6-2-7-13-18)24-22(23-20)19-14-8-3-9-15-19;1-3-7-13(8-4-1)15-11-12-17-16(18-15)14-9-5-2-6-10-14/h2*1-16H;1-12H. The van der Waals surface area contributed by atoms with E-state index < -0.39 is 0 Å². The van der Waals surface area contributed by atoms with E-state index >= 15 is 0 Å². The van der Waals surface area contributed by atoms with Crippen LogP contribution in [0.3, 0.4) is 0 Å². The second-order valence-electron chi connectivity index (χ2n) is 15.1. The van der Waals surface area contributed by atoms with E-state index in [1.165, 1.54) is 0 Å². The van der Waals surface area contributed by atoms with Crippen molar-refractivity contribution in [1.29, 1.82) is 0 Å². The van der Waals surface area contributed by atoms with E-state index in [9.17, 15) is 0 Å². The van der Waals surface area contributed by atoms with Gasteiger partial charge in [-0.05, 0) is 18.2 Å². The molecule has 11 aromatic rings. The van der Waals surface area contributed by atoms with Crippen LogP contribution in [0.5, 0.6) is 0 Å². The highest BCUT2D eigenvalue weighted by atomic mass is 14.9. The molecule has 0 aliphatic rings. The molecule has 0 bridgehead atoms. The fraction of sp³-hybridized carbons (Fsp3) is 0. The predicted molar refractivity (Wildman–Crippen MR) is 270 cm³/mol. The molecule has 0 amide bonds. The molecule has 0 aliphatic carbocycles. The second kappa shape index (κ2) is 21.4. The Kier molecular flexibility index (Phi) is 13.7. The van der Waals surface area contributed by atoms with Crippen molar-refractivity contribution in [2.24, 2.45) is 0 Å². The number of hydrogen-bond acceptors (Lipinski definition) is 6. The average molecular weight is 849 g/mol. The molecule has 0 saturated heterocycles. The quantitative estimate of drug-likeness (QED) is 0.152. The van der Waals surface area contributed by atoms with E-state index in [4.69, 9.17) is 19.9 Å². The summed E-state index contributed by atoms with van der Waals surface area (Å²) in [6.45, 7) is 0. The first-order valence-corrected chi connectivity index (χ1v) is 21.8. The van der Waals surface area contributed by atoms with E-state index in [0.29, 0.717) is 0 Å². The first kappa shape index (κ1) is 42.3. The van der Waals surface area contributed by atoms with Gasteiger partial charge in [0.25, 0.3) is 0 Å². The second-order valence-corrected chi connectivity index (χ2v) is 15.1. The molecule has 0 unspecified atom stereocenters. The van der Waals surface area contributed by atoms with Crippen molar-refractivity contribution in [3.05, 3.63) is 267 Å². The van der Waals surface area contributed by atoms with E-state index in [1.807, 2.05) is 188 Å². The van der Waals surface area contributed by atoms with Crippen molar-refractivity contribution in [3.63, 3.8) is 0 Å². The van der Waals surface area contributed by atoms with E-state index in [1.54, 1.807) is 6.20 Å². The summed E-state index contributed by atoms with van der Waals surface area (Å²) in [4.78, 5) is 28.1. The van der Waals surface area contributed by atoms with Crippen LogP contribution in [0.2, 0.25) is 0 Å². The van der Waals surface area contributed by atoms with Gasteiger partial charge in [-0.15, -0.1) is 0 Å². The summed E-state index contributed by atoms with van der Waals surface area (Å²) in [6, 6.07) is 87.3. The van der Waals surface area contributed by atoms with E-state index in [-0.39, 0.29) is 0 Å². The van der Waals surface area contributed by atoms with Crippen LogP contribution < -0.4 is 0 Å². The highest BCUT2D eigenvalue weighted by molar-refractivity contribution is 5.73. The van der Waals surface area contributed by atoms with Crippen LogP contribution in [0.15, 0.2) is 267 Å². The van der Waals surface area contributed by atoms with Crippen LogP contribution in [-0.4, -0.2) is 29.9 Å². The predicted octanol–water partition coefficient (Wildman–Crippen LogP) is 14.8. The Morgan fingerprint density at radius 2 is 0.394 bits per heavy atom. The number of hydrogen-bond donors (Lipinski definition) is 0. The maximum absolute atomic E-state index is 4.79. The van der Waals surface area contributed by atoms with Gasteiger partial charge in [0, 0.05) is 50.7 Å². The molecule has 314 valence electrons. The Hall–Kier alpha value is -9.00. The first-order valence-electron chi connectivity index (χ1n) is 21.8. The van der Waals surface area contributed by atoms with Crippen molar-refractivity contribution in [1.82, 2.24) is 29.9 Å². The monoisotopic (exact) mass is 848 g/mol. The molecular formula is C60H44N6. The molecule has 0 atom stereocenters. The highest BCUT2D eigenvalue weighted by Gasteiger charge is 2.12. The molecule has 11 rings (SSSR count). The fourth-order valence-corrected chi connectivity index (χ4v) is 7.21. The lowest BCUT2D eigenvalue weighted by Crippen LogP contribution is -1.95. The topological polar surface area (TPSA) is 77.3 Å². The molecule has 0 spiro atoms. The molecule has 0 aliphatic heterocycles. The normalized spacial score (nSPS) is 10.4. The molecule has 6 nitrogen and oxygen atoms in total. The summed E-state index contributed by atoms with van der Waals surface area (Å²) in [5.41, 5.74) is 13.2. The zero-order valence-corrected chi connectivity index (χ0v) is 36.1. The van der Waals surface area contributed by atoms with E-state index in [2.05, 4.69) is 82.8 Å². The fourth-order valence-electron chi connectivity index (χ4n) is 7.21. The molecule has 0 N–H and O–H groups in total. The number of aromatic nitrogens is 6. The summed E-state index contributed by atoms with van der Waals surface area (Å²) in [5.74, 6) is 2.25. The number of benzene rings is 8. The van der Waals surface area contributed by atoms with Crippen molar-refractivity contribution in [2.45, 2.75) is 0 Å². The smallest absolute Gasteiger partial charge is 0.160 e. The molecule has 0 fully saturated rings. The van der Waals surface area contributed by atoms with Crippen LogP contribution in [0.1, 0.15) is 0 Å². The van der Waals surface area contributed by atoms with Crippen LogP contribution in [0, 0.1) is 0 Å². The Balaban J connectivity index is 0.000000126. The van der Waals surface area contributed by atoms with E-state index in [0.717, 1.165) is 90.5 Å². The van der Waals surface area contributed by atoms with Gasteiger partial charge in [-0.25, -0.2) is 29.9 Å². The van der Waals surface area contributed by atoms with Gasteiger partial charge in [0.2, 0.25) is 0 Å². The Morgan fingerprint density at radius 1 is 0.182 bits per heavy atom. The minimum Gasteiger partial charge on any atom is -0.237 e. The van der Waals surface area contributed by atoms with Crippen molar-refractivity contribution < 1.29 is 0 Å². The minimum absolute atomic E-state index is 0.746. The third-order valence-corrected chi connectivity index (χ3v) is 10.6. The lowest BCUT2D eigenvalue weighted by atomic mass is 10.1. The van der Waals surface area contributed by atoms with Crippen LogP contribution in [0.25, 0.3) is 90.5 Å². The highest BCUT2D eigenvalue weighted by Crippen LogP contribution is 2.29. The molecular weight excluding hydrogens is 805 g/mol. The Bertz CT molecular complexity index is 2700. The molecule has 6 heteroatoms. The van der Waals surface area contributed by atoms with Gasteiger partial charge in [-0.2, -0.15) is 0 Å². The molecule has 3 aromatic heterocycles. The summed E-state index contributed by atoms with van der Waals surface area (Å²) in [5, 5.41) is 0. The number of nitrogens with zero attached hydrogens (tertiary/aromatic N) is 6. The largest absolute Gasteiger partial charge is 0.237 e. The maximum atomic E-state index is 4.79. The lowest BCUT2D eigenvalue weighted by Gasteiger charge is -2.09. The molecule has 3 heterocycles. The first-order chi connectivity index (χ1) is 32.7. The Morgan fingerprint density at radius 3 is 0.667 bits per heavy atom. The van der Waals surface area contributed by atoms with Gasteiger partial charge in [0.1, 0.15) is 0 Å². The lowest BCUT2D eigenvalue weighted by molar-refractivity contribution is 1.18. The third kappa shape index (κ3) is 11.0. The molecule has 0 radical (unpaired) electrons. The summed E-state index contributed by atoms with van der Waals surface area (Å²) < 4.78 is 0. The van der Waals surface area contributed by atoms with Crippen LogP contribution in [0.4, 0.5) is 0 Å². The number of rotatable bonds is 8. The summed E-state index contributed by atoms with van der Waals surface area (Å²) in [6.07, 6.45) is 1.80. The van der Waals surface area contributed by atoms with Gasteiger partial charge in [-0.1, -0.05) is 243 Å². The van der Waals surface area contributed by atoms with Crippen molar-refractivity contribution in [2.75, 3.05) is 0 Å². The Labute approximate surface area is 385 Å². The van der Waals surface area contributed by atoms with Gasteiger partial charge in [0.05, 0.1) is 28.5 Å². The summed E-state index contributed by atoms with van der Waals surface area (Å²) >= 11 is 0. The average Bonchev–Trinajstić information content (AvgIpc) is 3.43. The van der Waals surface area contributed by atoms with Gasteiger partial charge < -0.3 is 0 Å². The van der Waals surface area contributed by atoms with Crippen molar-refractivity contribution in [3.8, 4) is 90.5 Å².